The Morgan fingerprint density at radius 2 is 2.00 bits per heavy atom. The third-order valence-corrected chi connectivity index (χ3v) is 5.02. The lowest BCUT2D eigenvalue weighted by atomic mass is 10.1. The summed E-state index contributed by atoms with van der Waals surface area (Å²) in [7, 11) is 0. The van der Waals surface area contributed by atoms with Crippen LogP contribution in [0.5, 0.6) is 5.75 Å². The van der Waals surface area contributed by atoms with E-state index in [0.717, 1.165) is 37.2 Å². The second kappa shape index (κ2) is 8.82. The Balaban J connectivity index is 2.09. The Labute approximate surface area is 167 Å². The predicted octanol–water partition coefficient (Wildman–Crippen LogP) is 6.06. The summed E-state index contributed by atoms with van der Waals surface area (Å²) in [6, 6.07) is 4.69. The van der Waals surface area contributed by atoms with Crippen LogP contribution in [0.15, 0.2) is 24.5 Å². The largest absolute Gasteiger partial charge is 0.435 e. The lowest BCUT2D eigenvalue weighted by Gasteiger charge is -2.16. The van der Waals surface area contributed by atoms with Crippen molar-refractivity contribution >= 4 is 22.8 Å². The summed E-state index contributed by atoms with van der Waals surface area (Å²) >= 11 is 6.34. The van der Waals surface area contributed by atoms with Gasteiger partial charge in [-0.25, -0.2) is 15.0 Å². The number of aromatic nitrogens is 4. The summed E-state index contributed by atoms with van der Waals surface area (Å²) in [5.74, 6) is 0.941. The number of hydrogen-bond donors (Lipinski definition) is 0. The molecule has 1 unspecified atom stereocenters. The monoisotopic (exact) mass is 408 g/mol. The standard InChI is InChI=1S/C20H23ClF2N4O/c1-4-6-7-12(3)27-16(5-2)26-18-17(24-11-25-19(18)27)14-9-8-13(10-15(14)21)28-20(22)23/h8-12,20H,4-7H2,1-3H3. The molecule has 0 aliphatic heterocycles. The number of benzene rings is 1. The molecule has 1 atom stereocenters. The van der Waals surface area contributed by atoms with Gasteiger partial charge in [-0.1, -0.05) is 38.3 Å². The lowest BCUT2D eigenvalue weighted by molar-refractivity contribution is -0.0498. The number of halogens is 3. The number of imidazole rings is 1. The number of alkyl halides is 2. The molecule has 0 N–H and O–H groups in total. The summed E-state index contributed by atoms with van der Waals surface area (Å²) < 4.78 is 31.4. The van der Waals surface area contributed by atoms with Gasteiger partial charge in [-0.2, -0.15) is 8.78 Å². The number of fused-ring (bicyclic) bond motifs is 1. The van der Waals surface area contributed by atoms with Crippen molar-refractivity contribution in [2.45, 2.75) is 59.1 Å². The van der Waals surface area contributed by atoms with Gasteiger partial charge in [0, 0.05) is 18.0 Å². The lowest BCUT2D eigenvalue weighted by Crippen LogP contribution is -2.09. The van der Waals surface area contributed by atoms with Crippen LogP contribution in [-0.4, -0.2) is 26.1 Å². The van der Waals surface area contributed by atoms with Crippen molar-refractivity contribution in [1.29, 1.82) is 0 Å². The molecular weight excluding hydrogens is 386 g/mol. The van der Waals surface area contributed by atoms with Crippen molar-refractivity contribution in [1.82, 2.24) is 19.5 Å². The molecule has 150 valence electrons. The highest BCUT2D eigenvalue weighted by Gasteiger charge is 2.20. The summed E-state index contributed by atoms with van der Waals surface area (Å²) in [4.78, 5) is 13.6. The highest BCUT2D eigenvalue weighted by atomic mass is 35.5. The van der Waals surface area contributed by atoms with Crippen LogP contribution in [0.3, 0.4) is 0 Å². The highest BCUT2D eigenvalue weighted by Crippen LogP contribution is 2.35. The first kappa shape index (κ1) is 20.5. The van der Waals surface area contributed by atoms with Crippen LogP contribution < -0.4 is 4.74 Å². The van der Waals surface area contributed by atoms with E-state index in [1.54, 1.807) is 6.07 Å². The number of hydrogen-bond acceptors (Lipinski definition) is 4. The second-order valence-corrected chi connectivity index (χ2v) is 7.06. The van der Waals surface area contributed by atoms with E-state index >= 15 is 0 Å². The third kappa shape index (κ3) is 4.09. The molecule has 2 aromatic heterocycles. The number of unbranched alkanes of at least 4 members (excludes halogenated alkanes) is 1. The maximum Gasteiger partial charge on any atom is 0.387 e. The first-order chi connectivity index (χ1) is 13.5. The third-order valence-electron chi connectivity index (χ3n) is 4.70. The Hall–Kier alpha value is -2.28. The van der Waals surface area contributed by atoms with E-state index in [1.165, 1.54) is 18.5 Å². The average Bonchev–Trinajstić information content (AvgIpc) is 3.04. The Kier molecular flexibility index (Phi) is 6.44. The maximum absolute atomic E-state index is 12.4. The molecule has 0 fully saturated rings. The minimum Gasteiger partial charge on any atom is -0.435 e. The molecule has 0 spiro atoms. The molecule has 28 heavy (non-hydrogen) atoms. The van der Waals surface area contributed by atoms with Gasteiger partial charge in [0.15, 0.2) is 5.65 Å². The Bertz CT molecular complexity index is 961. The number of nitrogens with zero attached hydrogens (tertiary/aromatic N) is 4. The zero-order chi connectivity index (χ0) is 20.3. The Morgan fingerprint density at radius 1 is 1.21 bits per heavy atom. The van der Waals surface area contributed by atoms with Gasteiger partial charge in [0.2, 0.25) is 0 Å². The molecule has 8 heteroatoms. The van der Waals surface area contributed by atoms with Crippen molar-refractivity contribution in [3.63, 3.8) is 0 Å². The number of rotatable bonds is 8. The van der Waals surface area contributed by atoms with E-state index in [4.69, 9.17) is 16.6 Å². The molecule has 0 aliphatic rings. The van der Waals surface area contributed by atoms with Crippen molar-refractivity contribution in [3.8, 4) is 17.0 Å². The smallest absolute Gasteiger partial charge is 0.387 e. The molecule has 0 saturated carbocycles. The molecular formula is C20H23ClF2N4O. The summed E-state index contributed by atoms with van der Waals surface area (Å²) in [5, 5.41) is 0.268. The Morgan fingerprint density at radius 3 is 2.64 bits per heavy atom. The van der Waals surface area contributed by atoms with Crippen LogP contribution in [0.2, 0.25) is 5.02 Å². The number of ether oxygens (including phenoxy) is 1. The summed E-state index contributed by atoms with van der Waals surface area (Å²) in [6.45, 7) is 3.49. The van der Waals surface area contributed by atoms with Crippen molar-refractivity contribution < 1.29 is 13.5 Å². The zero-order valence-corrected chi connectivity index (χ0v) is 16.9. The van der Waals surface area contributed by atoms with Gasteiger partial charge >= 0.3 is 6.61 Å². The minimum atomic E-state index is -2.90. The molecule has 1 aromatic carbocycles. The van der Waals surface area contributed by atoms with Gasteiger partial charge in [-0.05, 0) is 31.5 Å². The molecule has 0 aliphatic carbocycles. The van der Waals surface area contributed by atoms with E-state index in [9.17, 15) is 8.78 Å². The van der Waals surface area contributed by atoms with E-state index in [1.807, 2.05) is 0 Å². The second-order valence-electron chi connectivity index (χ2n) is 6.66. The molecule has 5 nitrogen and oxygen atoms in total. The van der Waals surface area contributed by atoms with E-state index in [-0.39, 0.29) is 16.8 Å². The maximum atomic E-state index is 12.4. The van der Waals surface area contributed by atoms with Crippen molar-refractivity contribution in [2.75, 3.05) is 0 Å². The predicted molar refractivity (Wildman–Crippen MR) is 106 cm³/mol. The molecule has 3 aromatic rings. The van der Waals surface area contributed by atoms with Crippen LogP contribution in [-0.2, 0) is 6.42 Å². The highest BCUT2D eigenvalue weighted by molar-refractivity contribution is 6.33. The van der Waals surface area contributed by atoms with Crippen LogP contribution in [0.4, 0.5) is 8.78 Å². The first-order valence-electron chi connectivity index (χ1n) is 9.42. The molecule has 0 bridgehead atoms. The fourth-order valence-electron chi connectivity index (χ4n) is 3.36. The van der Waals surface area contributed by atoms with Gasteiger partial charge < -0.3 is 9.30 Å². The first-order valence-corrected chi connectivity index (χ1v) is 9.80. The minimum absolute atomic E-state index is 0.00187. The van der Waals surface area contributed by atoms with Crippen LogP contribution in [0.1, 0.15) is 51.9 Å². The van der Waals surface area contributed by atoms with Crippen molar-refractivity contribution in [2.24, 2.45) is 0 Å². The van der Waals surface area contributed by atoms with Gasteiger partial charge in [0.25, 0.3) is 0 Å². The summed E-state index contributed by atoms with van der Waals surface area (Å²) in [6.07, 6.45) is 5.54. The van der Waals surface area contributed by atoms with E-state index < -0.39 is 6.61 Å². The fourth-order valence-corrected chi connectivity index (χ4v) is 3.62. The van der Waals surface area contributed by atoms with E-state index in [0.29, 0.717) is 16.8 Å². The fraction of sp³-hybridized carbons (Fsp3) is 0.450. The van der Waals surface area contributed by atoms with Gasteiger partial charge in [-0.3, -0.25) is 0 Å². The van der Waals surface area contributed by atoms with Crippen LogP contribution >= 0.6 is 11.6 Å². The summed E-state index contributed by atoms with van der Waals surface area (Å²) in [5.41, 5.74) is 2.60. The molecule has 3 rings (SSSR count). The molecule has 0 radical (unpaired) electrons. The molecule has 0 saturated heterocycles. The molecule has 2 heterocycles. The molecule has 0 amide bonds. The average molecular weight is 409 g/mol. The quantitative estimate of drug-likeness (QED) is 0.454. The van der Waals surface area contributed by atoms with E-state index in [2.05, 4.69) is 40.0 Å². The van der Waals surface area contributed by atoms with Gasteiger partial charge in [-0.15, -0.1) is 0 Å². The normalized spacial score (nSPS) is 12.7. The topological polar surface area (TPSA) is 52.8 Å². The van der Waals surface area contributed by atoms with Crippen molar-refractivity contribution in [3.05, 3.63) is 35.4 Å². The number of aryl methyl sites for hydroxylation is 1. The van der Waals surface area contributed by atoms with Crippen LogP contribution in [0, 0.1) is 0 Å². The van der Waals surface area contributed by atoms with Gasteiger partial charge in [0.05, 0.1) is 5.02 Å². The van der Waals surface area contributed by atoms with Crippen LogP contribution in [0.25, 0.3) is 22.4 Å². The van der Waals surface area contributed by atoms with Gasteiger partial charge in [0.1, 0.15) is 29.1 Å². The SMILES string of the molecule is CCCCC(C)n1c(CC)nc2c(-c3ccc(OC(F)F)cc3Cl)ncnc21. The zero-order valence-electron chi connectivity index (χ0n) is 16.1.